The molecule has 0 saturated heterocycles. The summed E-state index contributed by atoms with van der Waals surface area (Å²) in [7, 11) is 0. The average molecular weight is 221 g/mol. The maximum Gasteiger partial charge on any atom is 0.131 e. The molecule has 0 heterocycles. The van der Waals surface area contributed by atoms with Gasteiger partial charge in [0.15, 0.2) is 0 Å². The van der Waals surface area contributed by atoms with E-state index in [-0.39, 0.29) is 0 Å². The van der Waals surface area contributed by atoms with E-state index in [0.29, 0.717) is 18.2 Å². The van der Waals surface area contributed by atoms with Crippen LogP contribution in [0.5, 0.6) is 5.75 Å². The number of hydrogen-bond acceptors (Lipinski definition) is 3. The second-order valence-electron chi connectivity index (χ2n) is 4.34. The molecule has 0 aliphatic carbocycles. The third kappa shape index (κ3) is 2.99. The lowest BCUT2D eigenvalue weighted by Crippen LogP contribution is -2.09. The zero-order valence-electron chi connectivity index (χ0n) is 10.3. The van der Waals surface area contributed by atoms with Gasteiger partial charge in [0.05, 0.1) is 12.3 Å². The molecular formula is C13H19NO2. The van der Waals surface area contributed by atoms with E-state index in [4.69, 9.17) is 9.94 Å². The average Bonchev–Trinajstić information content (AvgIpc) is 2.25. The Labute approximate surface area is 96.7 Å². The van der Waals surface area contributed by atoms with E-state index in [1.807, 2.05) is 25.1 Å². The second kappa shape index (κ2) is 5.54. The van der Waals surface area contributed by atoms with Crippen molar-refractivity contribution in [2.24, 2.45) is 11.1 Å². The Balaban J connectivity index is 3.04. The Hall–Kier alpha value is -1.51. The van der Waals surface area contributed by atoms with Crippen molar-refractivity contribution in [2.45, 2.75) is 27.7 Å². The predicted molar refractivity (Wildman–Crippen MR) is 65.5 cm³/mol. The van der Waals surface area contributed by atoms with Gasteiger partial charge in [0, 0.05) is 5.56 Å². The van der Waals surface area contributed by atoms with E-state index in [2.05, 4.69) is 19.0 Å². The Morgan fingerprint density at radius 3 is 2.69 bits per heavy atom. The minimum absolute atomic E-state index is 0.471. The van der Waals surface area contributed by atoms with Gasteiger partial charge in [-0.2, -0.15) is 0 Å². The molecule has 1 rings (SSSR count). The molecule has 1 aromatic carbocycles. The SMILES string of the molecule is C/C(=N\O)c1cccc(C)c1OCC(C)C. The van der Waals surface area contributed by atoms with Crippen molar-refractivity contribution >= 4 is 5.71 Å². The van der Waals surface area contributed by atoms with Gasteiger partial charge in [-0.25, -0.2) is 0 Å². The molecule has 0 saturated carbocycles. The van der Waals surface area contributed by atoms with Gasteiger partial charge in [-0.3, -0.25) is 0 Å². The van der Waals surface area contributed by atoms with Crippen LogP contribution in [-0.2, 0) is 0 Å². The first kappa shape index (κ1) is 12.6. The topological polar surface area (TPSA) is 41.8 Å². The van der Waals surface area contributed by atoms with E-state index in [1.54, 1.807) is 6.92 Å². The van der Waals surface area contributed by atoms with Gasteiger partial charge in [0.2, 0.25) is 0 Å². The molecule has 0 fully saturated rings. The molecule has 0 aliphatic heterocycles. The number of hydrogen-bond donors (Lipinski definition) is 1. The third-order valence-corrected chi connectivity index (χ3v) is 2.31. The highest BCUT2D eigenvalue weighted by Gasteiger charge is 2.10. The Kier molecular flexibility index (Phi) is 4.35. The molecule has 0 aliphatic rings. The van der Waals surface area contributed by atoms with Crippen LogP contribution in [0.1, 0.15) is 31.9 Å². The van der Waals surface area contributed by atoms with Crippen LogP contribution in [0.4, 0.5) is 0 Å². The third-order valence-electron chi connectivity index (χ3n) is 2.31. The van der Waals surface area contributed by atoms with Crippen molar-refractivity contribution in [3.63, 3.8) is 0 Å². The van der Waals surface area contributed by atoms with Gasteiger partial charge in [-0.1, -0.05) is 31.1 Å². The summed E-state index contributed by atoms with van der Waals surface area (Å²) in [5.41, 5.74) is 2.48. The summed E-state index contributed by atoms with van der Waals surface area (Å²) < 4.78 is 5.76. The van der Waals surface area contributed by atoms with Crippen LogP contribution in [0.2, 0.25) is 0 Å². The first-order valence-electron chi connectivity index (χ1n) is 5.47. The fourth-order valence-corrected chi connectivity index (χ4v) is 1.43. The van der Waals surface area contributed by atoms with Gasteiger partial charge >= 0.3 is 0 Å². The van der Waals surface area contributed by atoms with E-state index < -0.39 is 0 Å². The zero-order chi connectivity index (χ0) is 12.1. The van der Waals surface area contributed by atoms with E-state index in [9.17, 15) is 0 Å². The normalized spacial score (nSPS) is 11.9. The highest BCUT2D eigenvalue weighted by atomic mass is 16.5. The van der Waals surface area contributed by atoms with Gasteiger partial charge < -0.3 is 9.94 Å². The number of aryl methyl sites for hydroxylation is 1. The summed E-state index contributed by atoms with van der Waals surface area (Å²) in [5.74, 6) is 1.28. The van der Waals surface area contributed by atoms with Gasteiger partial charge in [-0.05, 0) is 31.4 Å². The molecule has 0 unspecified atom stereocenters. The molecule has 1 aromatic rings. The van der Waals surface area contributed by atoms with Gasteiger partial charge in [-0.15, -0.1) is 0 Å². The van der Waals surface area contributed by atoms with Crippen LogP contribution >= 0.6 is 0 Å². The molecule has 0 aromatic heterocycles. The fourth-order valence-electron chi connectivity index (χ4n) is 1.43. The maximum atomic E-state index is 8.81. The minimum atomic E-state index is 0.471. The van der Waals surface area contributed by atoms with E-state index in [1.165, 1.54) is 0 Å². The minimum Gasteiger partial charge on any atom is -0.492 e. The van der Waals surface area contributed by atoms with E-state index >= 15 is 0 Å². The Morgan fingerprint density at radius 2 is 2.12 bits per heavy atom. The lowest BCUT2D eigenvalue weighted by molar-refractivity contribution is 0.268. The van der Waals surface area contributed by atoms with Crippen molar-refractivity contribution in [1.29, 1.82) is 0 Å². The van der Waals surface area contributed by atoms with Gasteiger partial charge in [0.25, 0.3) is 0 Å². The molecule has 3 heteroatoms. The molecule has 0 atom stereocenters. The summed E-state index contributed by atoms with van der Waals surface area (Å²) >= 11 is 0. The first-order chi connectivity index (χ1) is 7.56. The first-order valence-corrected chi connectivity index (χ1v) is 5.47. The molecule has 0 amide bonds. The maximum absolute atomic E-state index is 8.81. The largest absolute Gasteiger partial charge is 0.492 e. The number of nitrogens with zero attached hydrogens (tertiary/aromatic N) is 1. The van der Waals surface area contributed by atoms with Crippen LogP contribution in [0, 0.1) is 12.8 Å². The highest BCUT2D eigenvalue weighted by molar-refractivity contribution is 6.01. The number of ether oxygens (including phenoxy) is 1. The molecule has 16 heavy (non-hydrogen) atoms. The van der Waals surface area contributed by atoms with Crippen LogP contribution in [0.3, 0.4) is 0 Å². The monoisotopic (exact) mass is 221 g/mol. The number of para-hydroxylation sites is 1. The summed E-state index contributed by atoms with van der Waals surface area (Å²) in [6, 6.07) is 5.82. The fraction of sp³-hybridized carbons (Fsp3) is 0.462. The molecule has 1 N–H and O–H groups in total. The summed E-state index contributed by atoms with van der Waals surface area (Å²) in [4.78, 5) is 0. The number of rotatable bonds is 4. The molecular weight excluding hydrogens is 202 g/mol. The zero-order valence-corrected chi connectivity index (χ0v) is 10.3. The van der Waals surface area contributed by atoms with Crippen molar-refractivity contribution in [2.75, 3.05) is 6.61 Å². The van der Waals surface area contributed by atoms with Crippen LogP contribution in [-0.4, -0.2) is 17.5 Å². The molecule has 3 nitrogen and oxygen atoms in total. The molecule has 0 spiro atoms. The van der Waals surface area contributed by atoms with Crippen molar-refractivity contribution < 1.29 is 9.94 Å². The smallest absolute Gasteiger partial charge is 0.131 e. The molecule has 0 radical (unpaired) electrons. The van der Waals surface area contributed by atoms with Crippen molar-refractivity contribution in [3.05, 3.63) is 29.3 Å². The van der Waals surface area contributed by atoms with E-state index in [0.717, 1.165) is 16.9 Å². The van der Waals surface area contributed by atoms with Crippen LogP contribution < -0.4 is 4.74 Å². The lowest BCUT2D eigenvalue weighted by Gasteiger charge is -2.14. The van der Waals surface area contributed by atoms with Crippen LogP contribution in [0.15, 0.2) is 23.4 Å². The Morgan fingerprint density at radius 1 is 1.44 bits per heavy atom. The summed E-state index contributed by atoms with van der Waals surface area (Å²) in [6.45, 7) is 8.62. The second-order valence-corrected chi connectivity index (χ2v) is 4.34. The Bertz CT molecular complexity index is 384. The number of benzene rings is 1. The standard InChI is InChI=1S/C13H19NO2/c1-9(2)8-16-13-10(3)6-5-7-12(13)11(4)14-15/h5-7,9,15H,8H2,1-4H3/b14-11+. The van der Waals surface area contributed by atoms with Crippen molar-refractivity contribution in [1.82, 2.24) is 0 Å². The summed E-state index contributed by atoms with van der Waals surface area (Å²) in [5, 5.41) is 12.0. The molecule has 0 bridgehead atoms. The van der Waals surface area contributed by atoms with Crippen molar-refractivity contribution in [3.8, 4) is 5.75 Å². The predicted octanol–water partition coefficient (Wildman–Crippen LogP) is 3.23. The lowest BCUT2D eigenvalue weighted by atomic mass is 10.1. The quantitative estimate of drug-likeness (QED) is 0.482. The molecule has 88 valence electrons. The number of oxime groups is 1. The highest BCUT2D eigenvalue weighted by Crippen LogP contribution is 2.24. The summed E-state index contributed by atoms with van der Waals surface area (Å²) in [6.07, 6.45) is 0. The van der Waals surface area contributed by atoms with Gasteiger partial charge in [0.1, 0.15) is 5.75 Å². The van der Waals surface area contributed by atoms with Crippen LogP contribution in [0.25, 0.3) is 0 Å².